The fourth-order valence-electron chi connectivity index (χ4n) is 1.34. The maximum absolute atomic E-state index is 11.1. The standard InChI is InChI=1S/C11H14N3O3/c12-6-10(15)9(13)5-7-1-3-8(4-2-7)14-11(16)17/h1-4,9,13-14H,5-6,12H2,(H,16,17)/t9-/m0/s1. The number of hydrogen-bond acceptors (Lipinski definition) is 3. The molecule has 1 aromatic rings. The number of carbonyl (C=O) groups excluding carboxylic acids is 1. The Balaban J connectivity index is 2.62. The van der Waals surface area contributed by atoms with Gasteiger partial charge in [-0.1, -0.05) is 12.1 Å². The summed E-state index contributed by atoms with van der Waals surface area (Å²) >= 11 is 0. The van der Waals surface area contributed by atoms with Gasteiger partial charge in [0.15, 0.2) is 5.78 Å². The highest BCUT2D eigenvalue weighted by molar-refractivity contribution is 5.85. The van der Waals surface area contributed by atoms with Crippen molar-refractivity contribution in [3.63, 3.8) is 0 Å². The minimum Gasteiger partial charge on any atom is -0.465 e. The summed E-state index contributed by atoms with van der Waals surface area (Å²) in [6.45, 7) is -0.132. The van der Waals surface area contributed by atoms with Crippen LogP contribution in [0.25, 0.3) is 0 Å². The minimum absolute atomic E-state index is 0.132. The molecule has 0 saturated heterocycles. The van der Waals surface area contributed by atoms with Crippen LogP contribution in [0.15, 0.2) is 24.3 Å². The van der Waals surface area contributed by atoms with Gasteiger partial charge in [0, 0.05) is 5.69 Å². The highest BCUT2D eigenvalue weighted by Gasteiger charge is 2.12. The van der Waals surface area contributed by atoms with E-state index in [0.29, 0.717) is 5.69 Å². The second-order valence-electron chi connectivity index (χ2n) is 3.55. The Bertz CT molecular complexity index is 403. The lowest BCUT2D eigenvalue weighted by atomic mass is 10.0. The molecule has 0 heterocycles. The Morgan fingerprint density at radius 1 is 1.35 bits per heavy atom. The number of ketones is 1. The smallest absolute Gasteiger partial charge is 0.409 e. The first-order valence-electron chi connectivity index (χ1n) is 5.05. The first-order chi connectivity index (χ1) is 8.02. The van der Waals surface area contributed by atoms with E-state index in [0.717, 1.165) is 5.56 Å². The van der Waals surface area contributed by atoms with Crippen LogP contribution in [-0.4, -0.2) is 29.6 Å². The number of carbonyl (C=O) groups is 2. The molecule has 1 amide bonds. The number of nitrogens with one attached hydrogen (secondary N) is 2. The quantitative estimate of drug-likeness (QED) is 0.690. The van der Waals surface area contributed by atoms with Crippen molar-refractivity contribution in [2.24, 2.45) is 5.73 Å². The second-order valence-corrected chi connectivity index (χ2v) is 3.55. The Morgan fingerprint density at radius 2 is 1.94 bits per heavy atom. The largest absolute Gasteiger partial charge is 0.465 e. The molecule has 1 aromatic carbocycles. The maximum Gasteiger partial charge on any atom is 0.409 e. The van der Waals surface area contributed by atoms with Crippen molar-refractivity contribution < 1.29 is 14.7 Å². The number of benzene rings is 1. The van der Waals surface area contributed by atoms with E-state index in [9.17, 15) is 9.59 Å². The van der Waals surface area contributed by atoms with Crippen molar-refractivity contribution in [3.8, 4) is 0 Å². The van der Waals surface area contributed by atoms with Gasteiger partial charge < -0.3 is 10.8 Å². The number of hydrogen-bond donors (Lipinski definition) is 3. The molecular weight excluding hydrogens is 222 g/mol. The molecule has 0 unspecified atom stereocenters. The van der Waals surface area contributed by atoms with Gasteiger partial charge in [-0.05, 0) is 24.1 Å². The Morgan fingerprint density at radius 3 is 2.41 bits per heavy atom. The van der Waals surface area contributed by atoms with Crippen LogP contribution >= 0.6 is 0 Å². The number of amides is 1. The highest BCUT2D eigenvalue weighted by Crippen LogP contribution is 2.11. The lowest BCUT2D eigenvalue weighted by Crippen LogP contribution is -2.30. The summed E-state index contributed by atoms with van der Waals surface area (Å²) in [5.41, 5.74) is 13.9. The van der Waals surface area contributed by atoms with Crippen molar-refractivity contribution in [2.45, 2.75) is 12.5 Å². The third-order valence-electron chi connectivity index (χ3n) is 2.23. The van der Waals surface area contributed by atoms with Crippen molar-refractivity contribution in [1.29, 1.82) is 0 Å². The van der Waals surface area contributed by atoms with E-state index in [4.69, 9.17) is 16.6 Å². The number of anilines is 1. The molecule has 0 fully saturated rings. The van der Waals surface area contributed by atoms with Crippen molar-refractivity contribution in [1.82, 2.24) is 5.73 Å². The number of Topliss-reactive ketones (excluding diaryl/α,β-unsaturated/α-hetero) is 1. The fourth-order valence-corrected chi connectivity index (χ4v) is 1.34. The van der Waals surface area contributed by atoms with Crippen LogP contribution in [0.3, 0.4) is 0 Å². The molecule has 6 heteroatoms. The molecule has 0 aromatic heterocycles. The summed E-state index contributed by atoms with van der Waals surface area (Å²) in [6.07, 6.45) is -0.849. The molecule has 1 radical (unpaired) electrons. The Kier molecular flexibility index (Phi) is 4.62. The van der Waals surface area contributed by atoms with Crippen LogP contribution in [0.5, 0.6) is 0 Å². The number of rotatable bonds is 5. The van der Waals surface area contributed by atoms with E-state index in [1.165, 1.54) is 0 Å². The average Bonchev–Trinajstić information content (AvgIpc) is 2.30. The summed E-state index contributed by atoms with van der Waals surface area (Å²) in [7, 11) is 0. The molecule has 5 N–H and O–H groups in total. The summed E-state index contributed by atoms with van der Waals surface area (Å²) in [5, 5.41) is 10.7. The van der Waals surface area contributed by atoms with E-state index in [1.54, 1.807) is 24.3 Å². The van der Waals surface area contributed by atoms with Crippen molar-refractivity contribution >= 4 is 17.6 Å². The van der Waals surface area contributed by atoms with Crippen molar-refractivity contribution in [3.05, 3.63) is 29.8 Å². The molecule has 0 spiro atoms. The minimum atomic E-state index is -1.13. The summed E-state index contributed by atoms with van der Waals surface area (Å²) in [4.78, 5) is 21.5. The van der Waals surface area contributed by atoms with Gasteiger partial charge in [0.25, 0.3) is 0 Å². The zero-order valence-electron chi connectivity index (χ0n) is 9.14. The van der Waals surface area contributed by atoms with Gasteiger partial charge in [-0.2, -0.15) is 0 Å². The predicted octanol–water partition coefficient (Wildman–Crippen LogP) is 0.498. The van der Waals surface area contributed by atoms with Crippen LogP contribution in [0.4, 0.5) is 10.5 Å². The van der Waals surface area contributed by atoms with E-state index in [-0.39, 0.29) is 18.7 Å². The van der Waals surface area contributed by atoms with Crippen molar-refractivity contribution in [2.75, 3.05) is 11.9 Å². The van der Waals surface area contributed by atoms with Crippen LogP contribution in [0.2, 0.25) is 0 Å². The van der Waals surface area contributed by atoms with E-state index < -0.39 is 12.1 Å². The normalized spacial score (nSPS) is 11.9. The topological polar surface area (TPSA) is 116 Å². The highest BCUT2D eigenvalue weighted by atomic mass is 16.4. The molecule has 0 aliphatic rings. The van der Waals surface area contributed by atoms with Crippen LogP contribution in [-0.2, 0) is 11.2 Å². The zero-order chi connectivity index (χ0) is 12.8. The van der Waals surface area contributed by atoms with Gasteiger partial charge in [0.1, 0.15) is 0 Å². The van der Waals surface area contributed by atoms with Gasteiger partial charge in [-0.15, -0.1) is 0 Å². The molecular formula is C11H14N3O3. The first-order valence-corrected chi connectivity index (χ1v) is 5.05. The van der Waals surface area contributed by atoms with E-state index >= 15 is 0 Å². The second kappa shape index (κ2) is 5.97. The van der Waals surface area contributed by atoms with Crippen LogP contribution in [0.1, 0.15) is 5.56 Å². The molecule has 91 valence electrons. The third-order valence-corrected chi connectivity index (χ3v) is 2.23. The Hall–Kier alpha value is -1.92. The maximum atomic E-state index is 11.1. The summed E-state index contributed by atoms with van der Waals surface area (Å²) in [5.74, 6) is -0.308. The van der Waals surface area contributed by atoms with Gasteiger partial charge in [0.2, 0.25) is 0 Å². The molecule has 1 rings (SSSR count). The van der Waals surface area contributed by atoms with Gasteiger partial charge >= 0.3 is 6.09 Å². The molecule has 17 heavy (non-hydrogen) atoms. The monoisotopic (exact) mass is 236 g/mol. The first kappa shape index (κ1) is 13.1. The lowest BCUT2D eigenvalue weighted by molar-refractivity contribution is -0.119. The molecule has 1 atom stereocenters. The predicted molar refractivity (Wildman–Crippen MR) is 62.7 cm³/mol. The lowest BCUT2D eigenvalue weighted by Gasteiger charge is -2.08. The molecule has 0 aliphatic carbocycles. The third kappa shape index (κ3) is 4.21. The Labute approximate surface area is 98.6 Å². The van der Waals surface area contributed by atoms with Gasteiger partial charge in [-0.3, -0.25) is 10.1 Å². The molecule has 0 aliphatic heterocycles. The molecule has 0 saturated carbocycles. The fraction of sp³-hybridized carbons (Fsp3) is 0.273. The van der Waals surface area contributed by atoms with Gasteiger partial charge in [-0.25, -0.2) is 10.5 Å². The molecule has 0 bridgehead atoms. The zero-order valence-corrected chi connectivity index (χ0v) is 9.14. The van der Waals surface area contributed by atoms with Crippen LogP contribution < -0.4 is 16.8 Å². The number of carboxylic acid groups (broad SMARTS) is 1. The van der Waals surface area contributed by atoms with Crippen LogP contribution in [0, 0.1) is 0 Å². The summed E-state index contributed by atoms with van der Waals surface area (Å²) < 4.78 is 0. The SMILES string of the molecule is [NH][C@@H](Cc1ccc(NC(=O)O)cc1)C(=O)CN. The average molecular weight is 236 g/mol. The number of nitrogens with two attached hydrogens (primary N) is 1. The van der Waals surface area contributed by atoms with E-state index in [1.807, 2.05) is 0 Å². The van der Waals surface area contributed by atoms with E-state index in [2.05, 4.69) is 5.32 Å². The summed E-state index contributed by atoms with van der Waals surface area (Å²) in [6, 6.07) is 5.66. The van der Waals surface area contributed by atoms with Gasteiger partial charge in [0.05, 0.1) is 12.6 Å². The molecule has 6 nitrogen and oxygen atoms in total.